The highest BCUT2D eigenvalue weighted by Crippen LogP contribution is 2.20. The van der Waals surface area contributed by atoms with Gasteiger partial charge in [-0.2, -0.15) is 0 Å². The minimum atomic E-state index is -0.415. The Morgan fingerprint density at radius 1 is 1.48 bits per heavy atom. The SMILES string of the molecule is CC(O)CC(CNC(=O)C1CNCCO1)c1ccccc1. The lowest BCUT2D eigenvalue weighted by atomic mass is 9.93. The smallest absolute Gasteiger partial charge is 0.250 e. The van der Waals surface area contributed by atoms with Crippen LogP contribution in [0.15, 0.2) is 30.3 Å². The number of hydrogen-bond donors (Lipinski definition) is 3. The van der Waals surface area contributed by atoms with Gasteiger partial charge in [0.1, 0.15) is 6.10 Å². The van der Waals surface area contributed by atoms with Gasteiger partial charge >= 0.3 is 0 Å². The number of amides is 1. The monoisotopic (exact) mass is 292 g/mol. The largest absolute Gasteiger partial charge is 0.393 e. The van der Waals surface area contributed by atoms with Crippen molar-refractivity contribution in [2.75, 3.05) is 26.2 Å². The van der Waals surface area contributed by atoms with Gasteiger partial charge in [-0.15, -0.1) is 0 Å². The highest BCUT2D eigenvalue weighted by Gasteiger charge is 2.23. The number of aliphatic hydroxyl groups is 1. The average molecular weight is 292 g/mol. The standard InChI is InChI=1S/C16H24N2O3/c1-12(19)9-14(13-5-3-2-4-6-13)10-18-16(20)15-11-17-7-8-21-15/h2-6,12,14-15,17,19H,7-11H2,1H3,(H,18,20). The highest BCUT2D eigenvalue weighted by molar-refractivity contribution is 5.81. The molecule has 1 aromatic carbocycles. The molecule has 2 rings (SSSR count). The third-order valence-electron chi connectivity index (χ3n) is 3.64. The lowest BCUT2D eigenvalue weighted by Crippen LogP contribution is -2.48. The number of nitrogens with one attached hydrogen (secondary N) is 2. The van der Waals surface area contributed by atoms with Gasteiger partial charge in [0.05, 0.1) is 12.7 Å². The molecule has 0 spiro atoms. The van der Waals surface area contributed by atoms with E-state index in [1.807, 2.05) is 30.3 Å². The predicted molar refractivity (Wildman–Crippen MR) is 81.1 cm³/mol. The Morgan fingerprint density at radius 2 is 2.24 bits per heavy atom. The van der Waals surface area contributed by atoms with Crippen LogP contribution in [0.25, 0.3) is 0 Å². The lowest BCUT2D eigenvalue weighted by Gasteiger charge is -2.25. The second-order valence-corrected chi connectivity index (χ2v) is 5.50. The van der Waals surface area contributed by atoms with E-state index in [1.54, 1.807) is 6.92 Å². The van der Waals surface area contributed by atoms with Gasteiger partial charge in [-0.05, 0) is 18.9 Å². The summed E-state index contributed by atoms with van der Waals surface area (Å²) >= 11 is 0. The van der Waals surface area contributed by atoms with Gasteiger partial charge in [-0.25, -0.2) is 0 Å². The number of benzene rings is 1. The van der Waals surface area contributed by atoms with Gasteiger partial charge in [-0.1, -0.05) is 30.3 Å². The Labute approximate surface area is 125 Å². The summed E-state index contributed by atoms with van der Waals surface area (Å²) in [7, 11) is 0. The molecule has 0 radical (unpaired) electrons. The molecule has 21 heavy (non-hydrogen) atoms. The zero-order valence-electron chi connectivity index (χ0n) is 12.4. The van der Waals surface area contributed by atoms with E-state index >= 15 is 0 Å². The van der Waals surface area contributed by atoms with Crippen molar-refractivity contribution in [3.63, 3.8) is 0 Å². The average Bonchev–Trinajstić information content (AvgIpc) is 2.52. The molecule has 5 heteroatoms. The molecule has 1 amide bonds. The summed E-state index contributed by atoms with van der Waals surface area (Å²) in [5.74, 6) is 0.0143. The van der Waals surface area contributed by atoms with Gasteiger partial charge in [0, 0.05) is 25.6 Å². The molecule has 1 heterocycles. The number of morpholine rings is 1. The minimum absolute atomic E-state index is 0.0891. The second kappa shape index (κ2) is 8.12. The summed E-state index contributed by atoms with van der Waals surface area (Å²) in [6.45, 7) is 4.18. The summed E-state index contributed by atoms with van der Waals surface area (Å²) in [5, 5.41) is 15.7. The topological polar surface area (TPSA) is 70.6 Å². The summed E-state index contributed by atoms with van der Waals surface area (Å²) in [5.41, 5.74) is 1.13. The van der Waals surface area contributed by atoms with Gasteiger partial charge in [0.25, 0.3) is 0 Å². The molecule has 0 saturated carbocycles. The van der Waals surface area contributed by atoms with Crippen LogP contribution in [0.4, 0.5) is 0 Å². The fourth-order valence-electron chi connectivity index (χ4n) is 2.55. The molecule has 1 saturated heterocycles. The number of rotatable bonds is 6. The zero-order valence-corrected chi connectivity index (χ0v) is 12.4. The normalized spacial score (nSPS) is 21.5. The van der Waals surface area contributed by atoms with Crippen LogP contribution in [0.3, 0.4) is 0 Å². The first-order valence-corrected chi connectivity index (χ1v) is 7.50. The fraction of sp³-hybridized carbons (Fsp3) is 0.562. The Balaban J connectivity index is 1.91. The molecule has 1 fully saturated rings. The highest BCUT2D eigenvalue weighted by atomic mass is 16.5. The van der Waals surface area contributed by atoms with Crippen molar-refractivity contribution in [2.45, 2.75) is 31.5 Å². The molecule has 0 aliphatic carbocycles. The van der Waals surface area contributed by atoms with Crippen molar-refractivity contribution in [1.82, 2.24) is 10.6 Å². The van der Waals surface area contributed by atoms with Crippen molar-refractivity contribution in [1.29, 1.82) is 0 Å². The lowest BCUT2D eigenvalue weighted by molar-refractivity contribution is -0.134. The Morgan fingerprint density at radius 3 is 2.86 bits per heavy atom. The van der Waals surface area contributed by atoms with Crippen LogP contribution >= 0.6 is 0 Å². The fourth-order valence-corrected chi connectivity index (χ4v) is 2.55. The van der Waals surface area contributed by atoms with Crippen molar-refractivity contribution in [3.05, 3.63) is 35.9 Å². The van der Waals surface area contributed by atoms with E-state index in [1.165, 1.54) is 0 Å². The van der Waals surface area contributed by atoms with E-state index < -0.39 is 12.2 Å². The Bertz CT molecular complexity index is 430. The van der Waals surface area contributed by atoms with E-state index in [9.17, 15) is 9.90 Å². The molecule has 3 unspecified atom stereocenters. The number of ether oxygens (including phenoxy) is 1. The molecule has 3 atom stereocenters. The quantitative estimate of drug-likeness (QED) is 0.720. The van der Waals surface area contributed by atoms with Gasteiger partial charge in [-0.3, -0.25) is 4.79 Å². The van der Waals surface area contributed by atoms with E-state index in [-0.39, 0.29) is 11.8 Å². The van der Waals surface area contributed by atoms with Crippen LogP contribution < -0.4 is 10.6 Å². The van der Waals surface area contributed by atoms with Crippen LogP contribution in [-0.4, -0.2) is 49.5 Å². The Kier molecular flexibility index (Phi) is 6.17. The molecule has 1 aliphatic rings. The summed E-state index contributed by atoms with van der Waals surface area (Å²) in [4.78, 5) is 12.1. The third kappa shape index (κ3) is 5.12. The summed E-state index contributed by atoms with van der Waals surface area (Å²) in [6.07, 6.45) is -0.199. The number of hydrogen-bond acceptors (Lipinski definition) is 4. The van der Waals surface area contributed by atoms with Crippen molar-refractivity contribution in [2.24, 2.45) is 0 Å². The molecule has 1 aromatic rings. The first-order chi connectivity index (χ1) is 10.2. The van der Waals surface area contributed by atoms with Gasteiger partial charge in [0.15, 0.2) is 0 Å². The van der Waals surface area contributed by atoms with Crippen LogP contribution in [0.5, 0.6) is 0 Å². The maximum atomic E-state index is 12.1. The molecule has 116 valence electrons. The zero-order chi connectivity index (χ0) is 15.1. The molecule has 0 aromatic heterocycles. The van der Waals surface area contributed by atoms with Crippen molar-refractivity contribution in [3.8, 4) is 0 Å². The van der Waals surface area contributed by atoms with Gasteiger partial charge < -0.3 is 20.5 Å². The first kappa shape index (κ1) is 15.9. The van der Waals surface area contributed by atoms with Crippen LogP contribution in [0.2, 0.25) is 0 Å². The molecule has 3 N–H and O–H groups in total. The van der Waals surface area contributed by atoms with E-state index in [0.717, 1.165) is 12.1 Å². The molecular formula is C16H24N2O3. The number of carbonyl (C=O) groups is 1. The van der Waals surface area contributed by atoms with E-state index in [4.69, 9.17) is 4.74 Å². The molecular weight excluding hydrogens is 268 g/mol. The maximum Gasteiger partial charge on any atom is 0.250 e. The third-order valence-corrected chi connectivity index (χ3v) is 3.64. The minimum Gasteiger partial charge on any atom is -0.393 e. The van der Waals surface area contributed by atoms with E-state index in [0.29, 0.717) is 26.1 Å². The predicted octanol–water partition coefficient (Wildman–Crippen LogP) is 0.646. The molecule has 1 aliphatic heterocycles. The van der Waals surface area contributed by atoms with Crippen molar-refractivity contribution < 1.29 is 14.6 Å². The first-order valence-electron chi connectivity index (χ1n) is 7.50. The number of carbonyl (C=O) groups excluding carboxylic acids is 1. The van der Waals surface area contributed by atoms with Crippen molar-refractivity contribution >= 4 is 5.91 Å². The molecule has 5 nitrogen and oxygen atoms in total. The summed E-state index contributed by atoms with van der Waals surface area (Å²) < 4.78 is 5.43. The Hall–Kier alpha value is -1.43. The van der Waals surface area contributed by atoms with Crippen LogP contribution in [0.1, 0.15) is 24.8 Å². The molecule has 0 bridgehead atoms. The second-order valence-electron chi connectivity index (χ2n) is 5.50. The maximum absolute atomic E-state index is 12.1. The van der Waals surface area contributed by atoms with Gasteiger partial charge in [0.2, 0.25) is 5.91 Å². The summed E-state index contributed by atoms with van der Waals surface area (Å²) in [6, 6.07) is 9.96. The number of aliphatic hydroxyl groups excluding tert-OH is 1. The van der Waals surface area contributed by atoms with Crippen LogP contribution in [0, 0.1) is 0 Å². The van der Waals surface area contributed by atoms with E-state index in [2.05, 4.69) is 10.6 Å². The van der Waals surface area contributed by atoms with Crippen LogP contribution in [-0.2, 0) is 9.53 Å².